The summed E-state index contributed by atoms with van der Waals surface area (Å²) in [5.74, 6) is -0.697. The average molecular weight is 299 g/mol. The Hall–Kier alpha value is -1.14. The highest BCUT2D eigenvalue weighted by Gasteiger charge is 2.38. The van der Waals surface area contributed by atoms with E-state index in [0.717, 1.165) is 25.9 Å². The summed E-state index contributed by atoms with van der Waals surface area (Å²) in [5, 5.41) is 11.8. The number of hydrogen-bond acceptors (Lipinski definition) is 4. The first-order valence-corrected chi connectivity index (χ1v) is 7.86. The molecule has 0 aromatic rings. The monoisotopic (exact) mass is 299 g/mol. The summed E-state index contributed by atoms with van der Waals surface area (Å²) in [6, 6.07) is -0.0678. The van der Waals surface area contributed by atoms with Gasteiger partial charge in [-0.15, -0.1) is 0 Å². The van der Waals surface area contributed by atoms with Gasteiger partial charge in [0.2, 0.25) is 5.91 Å². The van der Waals surface area contributed by atoms with E-state index in [-0.39, 0.29) is 24.0 Å². The zero-order valence-corrected chi connectivity index (χ0v) is 13.7. The van der Waals surface area contributed by atoms with Crippen LogP contribution in [-0.4, -0.2) is 71.1 Å². The molecule has 1 aliphatic heterocycles. The molecule has 1 rings (SSSR count). The highest BCUT2D eigenvalue weighted by molar-refractivity contribution is 5.82. The number of aliphatic carboxylic acids is 1. The minimum atomic E-state index is -0.865. The van der Waals surface area contributed by atoms with Crippen LogP contribution in [0.1, 0.15) is 40.5 Å². The topological polar surface area (TPSA) is 72.9 Å². The number of likely N-dealkylation sites (N-methyl/N-ethyl adjacent to an activating group) is 1. The lowest BCUT2D eigenvalue weighted by Gasteiger charge is -2.32. The third kappa shape index (κ3) is 4.68. The molecule has 122 valence electrons. The van der Waals surface area contributed by atoms with Gasteiger partial charge in [-0.2, -0.15) is 0 Å². The Labute approximate surface area is 127 Å². The van der Waals surface area contributed by atoms with Crippen LogP contribution in [0.4, 0.5) is 0 Å². The van der Waals surface area contributed by atoms with Crippen molar-refractivity contribution in [2.24, 2.45) is 0 Å². The SMILES string of the molecule is CC[C@H](C(=O)N1CC[C@@](C)(NCC(=O)O)C1)N(CC)CC. The first-order valence-electron chi connectivity index (χ1n) is 7.86. The van der Waals surface area contributed by atoms with E-state index < -0.39 is 5.97 Å². The predicted molar refractivity (Wildman–Crippen MR) is 82.2 cm³/mol. The van der Waals surface area contributed by atoms with Crippen LogP contribution in [0.15, 0.2) is 0 Å². The van der Waals surface area contributed by atoms with Gasteiger partial charge in [-0.1, -0.05) is 20.8 Å². The number of nitrogens with zero attached hydrogens (tertiary/aromatic N) is 2. The summed E-state index contributed by atoms with van der Waals surface area (Å²) in [7, 11) is 0. The predicted octanol–water partition coefficient (Wildman–Crippen LogP) is 0.772. The number of likely N-dealkylation sites (tertiary alicyclic amines) is 1. The van der Waals surface area contributed by atoms with Gasteiger partial charge >= 0.3 is 5.97 Å². The molecule has 0 unspecified atom stereocenters. The number of amides is 1. The molecular weight excluding hydrogens is 270 g/mol. The van der Waals surface area contributed by atoms with Crippen molar-refractivity contribution in [1.29, 1.82) is 0 Å². The van der Waals surface area contributed by atoms with Crippen molar-refractivity contribution in [3.05, 3.63) is 0 Å². The van der Waals surface area contributed by atoms with Crippen LogP contribution in [0.5, 0.6) is 0 Å². The Bertz CT molecular complexity index is 371. The maximum atomic E-state index is 12.7. The van der Waals surface area contributed by atoms with Crippen LogP contribution in [0, 0.1) is 0 Å². The molecule has 0 radical (unpaired) electrons. The van der Waals surface area contributed by atoms with Crippen LogP contribution in [0.25, 0.3) is 0 Å². The summed E-state index contributed by atoms with van der Waals surface area (Å²) < 4.78 is 0. The second-order valence-corrected chi connectivity index (χ2v) is 5.96. The second kappa shape index (κ2) is 7.75. The van der Waals surface area contributed by atoms with E-state index in [0.29, 0.717) is 13.1 Å². The average Bonchev–Trinajstić information content (AvgIpc) is 2.85. The van der Waals surface area contributed by atoms with Crippen LogP contribution < -0.4 is 5.32 Å². The van der Waals surface area contributed by atoms with Crippen molar-refractivity contribution < 1.29 is 14.7 Å². The summed E-state index contributed by atoms with van der Waals surface area (Å²) in [5.41, 5.74) is -0.296. The number of carbonyl (C=O) groups is 2. The molecule has 0 bridgehead atoms. The van der Waals surface area contributed by atoms with E-state index >= 15 is 0 Å². The normalized spacial score (nSPS) is 23.6. The molecule has 1 fully saturated rings. The number of carboxylic acid groups (broad SMARTS) is 1. The maximum absolute atomic E-state index is 12.7. The molecule has 2 atom stereocenters. The van der Waals surface area contributed by atoms with Crippen molar-refractivity contribution in [1.82, 2.24) is 15.1 Å². The van der Waals surface area contributed by atoms with Crippen molar-refractivity contribution in [2.45, 2.75) is 52.1 Å². The summed E-state index contributed by atoms with van der Waals surface area (Å²) in [6.07, 6.45) is 1.59. The van der Waals surface area contributed by atoms with Gasteiger partial charge in [0.05, 0.1) is 12.6 Å². The third-order valence-corrected chi connectivity index (χ3v) is 4.38. The van der Waals surface area contributed by atoms with Crippen LogP contribution in [-0.2, 0) is 9.59 Å². The van der Waals surface area contributed by atoms with E-state index in [1.54, 1.807) is 0 Å². The zero-order chi connectivity index (χ0) is 16.0. The number of hydrogen-bond donors (Lipinski definition) is 2. The fourth-order valence-corrected chi connectivity index (χ4v) is 3.05. The van der Waals surface area contributed by atoms with Crippen LogP contribution >= 0.6 is 0 Å². The Morgan fingerprint density at radius 1 is 1.33 bits per heavy atom. The molecule has 21 heavy (non-hydrogen) atoms. The van der Waals surface area contributed by atoms with Gasteiger partial charge in [0.1, 0.15) is 0 Å². The Morgan fingerprint density at radius 3 is 2.43 bits per heavy atom. The highest BCUT2D eigenvalue weighted by atomic mass is 16.4. The number of carbonyl (C=O) groups excluding carboxylic acids is 1. The molecule has 0 saturated carbocycles. The molecular formula is C15H29N3O3. The Kier molecular flexibility index (Phi) is 6.61. The van der Waals surface area contributed by atoms with Gasteiger partial charge in [0.25, 0.3) is 0 Å². The van der Waals surface area contributed by atoms with Gasteiger partial charge in [-0.3, -0.25) is 19.8 Å². The van der Waals surface area contributed by atoms with Crippen molar-refractivity contribution in [2.75, 3.05) is 32.7 Å². The fourth-order valence-electron chi connectivity index (χ4n) is 3.05. The van der Waals surface area contributed by atoms with E-state index in [4.69, 9.17) is 5.11 Å². The second-order valence-electron chi connectivity index (χ2n) is 5.96. The van der Waals surface area contributed by atoms with Gasteiger partial charge in [-0.25, -0.2) is 0 Å². The fraction of sp³-hybridized carbons (Fsp3) is 0.867. The van der Waals surface area contributed by atoms with Gasteiger partial charge in [0, 0.05) is 18.6 Å². The highest BCUT2D eigenvalue weighted by Crippen LogP contribution is 2.22. The van der Waals surface area contributed by atoms with Crippen molar-refractivity contribution >= 4 is 11.9 Å². The minimum absolute atomic E-state index is 0.0637. The van der Waals surface area contributed by atoms with Gasteiger partial charge in [-0.05, 0) is 32.9 Å². The molecule has 2 N–H and O–H groups in total. The molecule has 1 heterocycles. The van der Waals surface area contributed by atoms with Crippen LogP contribution in [0.2, 0.25) is 0 Å². The van der Waals surface area contributed by atoms with E-state index in [9.17, 15) is 9.59 Å². The molecule has 0 spiro atoms. The third-order valence-electron chi connectivity index (χ3n) is 4.38. The molecule has 6 nitrogen and oxygen atoms in total. The lowest BCUT2D eigenvalue weighted by Crippen LogP contribution is -2.51. The quantitative estimate of drug-likeness (QED) is 0.693. The maximum Gasteiger partial charge on any atom is 0.317 e. The smallest absolute Gasteiger partial charge is 0.317 e. The molecule has 0 aliphatic carbocycles. The zero-order valence-electron chi connectivity index (χ0n) is 13.7. The number of carboxylic acids is 1. The summed E-state index contributed by atoms with van der Waals surface area (Å²) in [4.78, 5) is 27.4. The molecule has 1 amide bonds. The first kappa shape index (κ1) is 17.9. The summed E-state index contributed by atoms with van der Waals surface area (Å²) in [6.45, 7) is 11.1. The number of rotatable bonds is 8. The van der Waals surface area contributed by atoms with Crippen LogP contribution in [0.3, 0.4) is 0 Å². The lowest BCUT2D eigenvalue weighted by molar-refractivity contribution is -0.136. The largest absolute Gasteiger partial charge is 0.480 e. The molecule has 1 aliphatic rings. The molecule has 6 heteroatoms. The first-order chi connectivity index (χ1) is 9.86. The van der Waals surface area contributed by atoms with Gasteiger partial charge in [0.15, 0.2) is 0 Å². The van der Waals surface area contributed by atoms with Crippen molar-refractivity contribution in [3.63, 3.8) is 0 Å². The van der Waals surface area contributed by atoms with E-state index in [1.807, 2.05) is 18.7 Å². The Balaban J connectivity index is 2.65. The van der Waals surface area contributed by atoms with Crippen molar-refractivity contribution in [3.8, 4) is 0 Å². The van der Waals surface area contributed by atoms with Gasteiger partial charge < -0.3 is 10.0 Å². The minimum Gasteiger partial charge on any atom is -0.480 e. The standard InChI is InChI=1S/C15H29N3O3/c1-5-12(17(6-2)7-3)14(21)18-9-8-15(4,11-18)16-10-13(19)20/h12,16H,5-11H2,1-4H3,(H,19,20)/t12-,15-/m1/s1. The van der Waals surface area contributed by atoms with E-state index in [2.05, 4.69) is 24.1 Å². The molecule has 0 aromatic heterocycles. The molecule has 1 saturated heterocycles. The lowest BCUT2D eigenvalue weighted by atomic mass is 10.0. The molecule has 0 aromatic carbocycles. The summed E-state index contributed by atoms with van der Waals surface area (Å²) >= 11 is 0. The van der Waals surface area contributed by atoms with E-state index in [1.165, 1.54) is 0 Å². The Morgan fingerprint density at radius 2 is 1.95 bits per heavy atom. The number of nitrogens with one attached hydrogen (secondary N) is 1.